The maximum Gasteiger partial charge on any atom is 0.335 e. The summed E-state index contributed by atoms with van der Waals surface area (Å²) in [4.78, 5) is 31.2. The number of benzene rings is 2. The lowest BCUT2D eigenvalue weighted by Gasteiger charge is -2.30. The van der Waals surface area contributed by atoms with E-state index in [9.17, 15) is 19.1 Å². The molecule has 8 heteroatoms. The number of hydrogen-bond acceptors (Lipinski definition) is 4. The molecule has 1 N–H and O–H groups in total. The summed E-state index contributed by atoms with van der Waals surface area (Å²) >= 11 is 7.31. The van der Waals surface area contributed by atoms with E-state index < -0.39 is 11.8 Å². The highest BCUT2D eigenvalue weighted by molar-refractivity contribution is 8.18. The Morgan fingerprint density at radius 3 is 2.65 bits per heavy atom. The van der Waals surface area contributed by atoms with Gasteiger partial charge < -0.3 is 5.11 Å². The molecule has 0 spiro atoms. The lowest BCUT2D eigenvalue weighted by atomic mass is 9.94. The van der Waals surface area contributed by atoms with Gasteiger partial charge in [-0.15, -0.1) is 0 Å². The summed E-state index contributed by atoms with van der Waals surface area (Å²) in [5.41, 5.74) is 0.730. The summed E-state index contributed by atoms with van der Waals surface area (Å²) in [6.07, 6.45) is 6.39. The number of carboxylic acid groups (broad SMARTS) is 1. The van der Waals surface area contributed by atoms with Crippen molar-refractivity contribution >= 4 is 52.2 Å². The maximum atomic E-state index is 14.3. The van der Waals surface area contributed by atoms with Crippen molar-refractivity contribution in [2.24, 2.45) is 4.99 Å². The van der Waals surface area contributed by atoms with Gasteiger partial charge in [-0.05, 0) is 61.0 Å². The van der Waals surface area contributed by atoms with Crippen LogP contribution in [0.5, 0.6) is 0 Å². The van der Waals surface area contributed by atoms with Gasteiger partial charge in [0.25, 0.3) is 5.91 Å². The van der Waals surface area contributed by atoms with Crippen molar-refractivity contribution < 1.29 is 19.1 Å². The molecular formula is C23H20ClFN2O3S. The molecule has 2 aliphatic rings. The topological polar surface area (TPSA) is 70.0 Å². The van der Waals surface area contributed by atoms with Crippen molar-refractivity contribution in [3.05, 3.63) is 69.3 Å². The molecule has 0 unspecified atom stereocenters. The van der Waals surface area contributed by atoms with Gasteiger partial charge in [0.05, 0.1) is 21.2 Å². The molecule has 4 rings (SSSR count). The summed E-state index contributed by atoms with van der Waals surface area (Å²) < 4.78 is 14.3. The molecule has 5 nitrogen and oxygen atoms in total. The fourth-order valence-corrected chi connectivity index (χ4v) is 5.08. The van der Waals surface area contributed by atoms with E-state index in [-0.39, 0.29) is 28.1 Å². The minimum Gasteiger partial charge on any atom is -0.478 e. The Bertz CT molecular complexity index is 1080. The third-order valence-electron chi connectivity index (χ3n) is 5.37. The van der Waals surface area contributed by atoms with E-state index >= 15 is 0 Å². The number of carbonyl (C=O) groups excluding carboxylic acids is 1. The SMILES string of the molecule is O=C(O)c1cccc(N=C2S/C(=C\c3c(F)cccc3Cl)C(=O)N2C2CCCCC2)c1. The quantitative estimate of drug-likeness (QED) is 0.561. The molecule has 1 heterocycles. The number of carboxylic acids is 1. The van der Waals surface area contributed by atoms with E-state index in [1.54, 1.807) is 23.1 Å². The lowest BCUT2D eigenvalue weighted by molar-refractivity contribution is -0.124. The zero-order valence-corrected chi connectivity index (χ0v) is 18.1. The second kappa shape index (κ2) is 9.24. The third-order valence-corrected chi connectivity index (χ3v) is 6.68. The Morgan fingerprint density at radius 1 is 1.19 bits per heavy atom. The minimum absolute atomic E-state index is 0.0112. The van der Waals surface area contributed by atoms with Crippen LogP contribution in [0.3, 0.4) is 0 Å². The van der Waals surface area contributed by atoms with Crippen LogP contribution in [0.1, 0.15) is 48.0 Å². The van der Waals surface area contributed by atoms with Crippen molar-refractivity contribution in [1.82, 2.24) is 4.90 Å². The fourth-order valence-electron chi connectivity index (χ4n) is 3.82. The second-order valence-electron chi connectivity index (χ2n) is 7.46. The van der Waals surface area contributed by atoms with Crippen molar-refractivity contribution in [2.45, 2.75) is 38.1 Å². The van der Waals surface area contributed by atoms with Gasteiger partial charge in [0, 0.05) is 11.6 Å². The molecule has 1 amide bonds. The first-order valence-corrected chi connectivity index (χ1v) is 11.2. The summed E-state index contributed by atoms with van der Waals surface area (Å²) in [7, 11) is 0. The molecule has 2 aromatic carbocycles. The molecule has 0 radical (unpaired) electrons. The number of aromatic carboxylic acids is 1. The number of hydrogen-bond donors (Lipinski definition) is 1. The second-order valence-corrected chi connectivity index (χ2v) is 8.88. The van der Waals surface area contributed by atoms with E-state index in [1.165, 1.54) is 30.3 Å². The van der Waals surface area contributed by atoms with Gasteiger partial charge in [0.1, 0.15) is 5.82 Å². The number of nitrogens with zero attached hydrogens (tertiary/aromatic N) is 2. The Morgan fingerprint density at radius 2 is 1.94 bits per heavy atom. The molecule has 1 aliphatic carbocycles. The Labute approximate surface area is 188 Å². The van der Waals surface area contributed by atoms with Crippen LogP contribution < -0.4 is 0 Å². The number of aliphatic imine (C=N–C) groups is 1. The van der Waals surface area contributed by atoms with Gasteiger partial charge in [-0.25, -0.2) is 14.2 Å². The molecule has 2 aromatic rings. The van der Waals surface area contributed by atoms with Crippen molar-refractivity contribution in [3.8, 4) is 0 Å². The number of rotatable bonds is 4. The highest BCUT2D eigenvalue weighted by Crippen LogP contribution is 2.39. The first-order chi connectivity index (χ1) is 14.9. The van der Waals surface area contributed by atoms with Crippen LogP contribution in [0.15, 0.2) is 52.4 Å². The van der Waals surface area contributed by atoms with E-state index in [2.05, 4.69) is 4.99 Å². The Kier molecular flexibility index (Phi) is 6.43. The van der Waals surface area contributed by atoms with Gasteiger partial charge in [-0.1, -0.05) is 43.0 Å². The summed E-state index contributed by atoms with van der Waals surface area (Å²) in [5, 5.41) is 9.95. The average Bonchev–Trinajstić information content (AvgIpc) is 3.06. The first-order valence-electron chi connectivity index (χ1n) is 10.0. The van der Waals surface area contributed by atoms with E-state index in [1.807, 2.05) is 0 Å². The summed E-state index contributed by atoms with van der Waals surface area (Å²) in [5.74, 6) is -1.78. The number of amidine groups is 1. The standard InChI is InChI=1S/C23H20ClFN2O3S/c24-18-10-5-11-19(25)17(18)13-20-21(28)27(16-8-2-1-3-9-16)23(31-20)26-15-7-4-6-14(12-15)22(29)30/h4-7,10-13,16H,1-3,8-9H2,(H,29,30)/b20-13-,26-23?. The summed E-state index contributed by atoms with van der Waals surface area (Å²) in [6.45, 7) is 0. The van der Waals surface area contributed by atoms with Crippen molar-refractivity contribution in [2.75, 3.05) is 0 Å². The predicted octanol–water partition coefficient (Wildman–Crippen LogP) is 6.11. The number of halogens is 2. The predicted molar refractivity (Wildman–Crippen MR) is 121 cm³/mol. The lowest BCUT2D eigenvalue weighted by Crippen LogP contribution is -2.40. The van der Waals surface area contributed by atoms with Crippen LogP contribution in [-0.2, 0) is 4.79 Å². The van der Waals surface area contributed by atoms with Crippen molar-refractivity contribution in [3.63, 3.8) is 0 Å². The molecule has 0 bridgehead atoms. The normalized spacial score (nSPS) is 20.1. The first kappa shape index (κ1) is 21.6. The van der Waals surface area contributed by atoms with Crippen LogP contribution in [0.2, 0.25) is 5.02 Å². The van der Waals surface area contributed by atoms with Crippen LogP contribution in [0, 0.1) is 5.82 Å². The number of thioether (sulfide) groups is 1. The minimum atomic E-state index is -1.05. The van der Waals surface area contributed by atoms with Crippen LogP contribution in [0.25, 0.3) is 6.08 Å². The number of carbonyl (C=O) groups is 2. The van der Waals surface area contributed by atoms with Gasteiger partial charge in [-0.2, -0.15) is 0 Å². The highest BCUT2D eigenvalue weighted by Gasteiger charge is 2.39. The van der Waals surface area contributed by atoms with E-state index in [0.717, 1.165) is 43.9 Å². The van der Waals surface area contributed by atoms with E-state index in [0.29, 0.717) is 15.8 Å². The molecule has 1 aliphatic heterocycles. The van der Waals surface area contributed by atoms with Crippen LogP contribution in [0.4, 0.5) is 10.1 Å². The molecule has 1 saturated carbocycles. The molecule has 1 saturated heterocycles. The zero-order chi connectivity index (χ0) is 22.0. The summed E-state index contributed by atoms with van der Waals surface area (Å²) in [6, 6.07) is 10.7. The highest BCUT2D eigenvalue weighted by atomic mass is 35.5. The zero-order valence-electron chi connectivity index (χ0n) is 16.6. The molecule has 0 aromatic heterocycles. The van der Waals surface area contributed by atoms with Gasteiger partial charge in [0.15, 0.2) is 5.17 Å². The Balaban J connectivity index is 1.75. The fraction of sp³-hybridized carbons (Fsp3) is 0.261. The number of amides is 1. The average molecular weight is 459 g/mol. The molecule has 2 fully saturated rings. The molecule has 0 atom stereocenters. The molecule has 31 heavy (non-hydrogen) atoms. The van der Waals surface area contributed by atoms with Gasteiger partial charge >= 0.3 is 5.97 Å². The Hall–Kier alpha value is -2.64. The van der Waals surface area contributed by atoms with Crippen LogP contribution >= 0.6 is 23.4 Å². The monoisotopic (exact) mass is 458 g/mol. The van der Waals surface area contributed by atoms with Gasteiger partial charge in [0.2, 0.25) is 0 Å². The van der Waals surface area contributed by atoms with Crippen molar-refractivity contribution in [1.29, 1.82) is 0 Å². The third kappa shape index (κ3) is 4.67. The van der Waals surface area contributed by atoms with Gasteiger partial charge in [-0.3, -0.25) is 9.69 Å². The smallest absolute Gasteiger partial charge is 0.335 e. The molecule has 160 valence electrons. The molecular weight excluding hydrogens is 439 g/mol. The van der Waals surface area contributed by atoms with E-state index in [4.69, 9.17) is 11.6 Å². The maximum absolute atomic E-state index is 14.3. The largest absolute Gasteiger partial charge is 0.478 e. The van der Waals surface area contributed by atoms with Crippen LogP contribution in [-0.4, -0.2) is 33.1 Å².